The summed E-state index contributed by atoms with van der Waals surface area (Å²) in [7, 11) is 1.66. The topological polar surface area (TPSA) is 112 Å². The molecule has 0 aliphatic carbocycles. The number of nitriles is 1. The zero-order valence-electron chi connectivity index (χ0n) is 16.8. The minimum absolute atomic E-state index is 0.0553. The first-order valence-electron chi connectivity index (χ1n) is 9.75. The Morgan fingerprint density at radius 1 is 1.29 bits per heavy atom. The molecule has 4 heterocycles. The van der Waals surface area contributed by atoms with Crippen LogP contribution in [0.5, 0.6) is 0 Å². The van der Waals surface area contributed by atoms with E-state index in [1.807, 2.05) is 28.5 Å². The highest BCUT2D eigenvalue weighted by atomic mass is 32.1. The van der Waals surface area contributed by atoms with Crippen molar-refractivity contribution in [2.75, 3.05) is 25.0 Å². The molecule has 2 atom stereocenters. The summed E-state index contributed by atoms with van der Waals surface area (Å²) in [6, 6.07) is 11.7. The Hall–Kier alpha value is -3.77. The van der Waals surface area contributed by atoms with E-state index in [1.165, 1.54) is 4.90 Å². The molecule has 0 bridgehead atoms. The Bertz CT molecular complexity index is 1230. The Labute approximate surface area is 183 Å². The summed E-state index contributed by atoms with van der Waals surface area (Å²) in [5.74, 6) is 0.478. The molecule has 2 aromatic heterocycles. The van der Waals surface area contributed by atoms with Gasteiger partial charge < -0.3 is 10.6 Å². The van der Waals surface area contributed by atoms with Crippen LogP contribution in [0.3, 0.4) is 0 Å². The van der Waals surface area contributed by atoms with Crippen LogP contribution in [-0.2, 0) is 10.3 Å². The number of hydrogen-bond donors (Lipinski definition) is 1. The number of nitrogens with zero attached hydrogens (tertiary/aromatic N) is 6. The van der Waals surface area contributed by atoms with Crippen LogP contribution in [0.15, 0.2) is 59.3 Å². The lowest BCUT2D eigenvalue weighted by molar-refractivity contribution is -0.132. The zero-order valence-corrected chi connectivity index (χ0v) is 17.6. The van der Waals surface area contributed by atoms with Crippen molar-refractivity contribution in [3.63, 3.8) is 0 Å². The predicted molar refractivity (Wildman–Crippen MR) is 118 cm³/mol. The second-order valence-corrected chi connectivity index (χ2v) is 8.59. The highest BCUT2D eigenvalue weighted by Gasteiger charge is 2.56. The van der Waals surface area contributed by atoms with Crippen molar-refractivity contribution in [1.29, 1.82) is 5.26 Å². The number of aromatic nitrogens is 2. The fraction of sp³-hybridized carbons (Fsp3) is 0.227. The maximum absolute atomic E-state index is 13.2. The number of benzene rings is 1. The molecule has 0 spiro atoms. The Morgan fingerprint density at radius 3 is 2.94 bits per heavy atom. The van der Waals surface area contributed by atoms with Gasteiger partial charge in [-0.25, -0.2) is 9.98 Å². The van der Waals surface area contributed by atoms with Gasteiger partial charge >= 0.3 is 0 Å². The fourth-order valence-corrected chi connectivity index (χ4v) is 5.39. The molecule has 31 heavy (non-hydrogen) atoms. The van der Waals surface area contributed by atoms with E-state index in [9.17, 15) is 10.1 Å². The van der Waals surface area contributed by atoms with Crippen molar-refractivity contribution in [3.8, 4) is 17.2 Å². The lowest BCUT2D eigenvalue weighted by Crippen LogP contribution is -2.54. The summed E-state index contributed by atoms with van der Waals surface area (Å²) in [6.07, 6.45) is 4.96. The number of amides is 1. The summed E-state index contributed by atoms with van der Waals surface area (Å²) < 4.78 is 0. The maximum Gasteiger partial charge on any atom is 0.236 e. The van der Waals surface area contributed by atoms with E-state index < -0.39 is 5.54 Å². The number of hydrogen-bond acceptors (Lipinski definition) is 8. The van der Waals surface area contributed by atoms with Crippen molar-refractivity contribution < 1.29 is 4.79 Å². The molecule has 0 saturated carbocycles. The number of thiophene rings is 1. The number of anilines is 1. The summed E-state index contributed by atoms with van der Waals surface area (Å²) in [4.78, 5) is 31.1. The van der Waals surface area contributed by atoms with E-state index >= 15 is 0 Å². The van der Waals surface area contributed by atoms with Gasteiger partial charge in [-0.15, -0.1) is 11.3 Å². The smallest absolute Gasteiger partial charge is 0.236 e. The molecule has 1 fully saturated rings. The van der Waals surface area contributed by atoms with Crippen LogP contribution in [0.25, 0.3) is 11.1 Å². The molecule has 5 rings (SSSR count). The van der Waals surface area contributed by atoms with Gasteiger partial charge in [-0.3, -0.25) is 14.7 Å². The van der Waals surface area contributed by atoms with Gasteiger partial charge in [0.15, 0.2) is 5.96 Å². The third-order valence-electron chi connectivity index (χ3n) is 5.92. The van der Waals surface area contributed by atoms with Gasteiger partial charge in [-0.1, -0.05) is 12.1 Å². The highest BCUT2D eigenvalue weighted by Crippen LogP contribution is 2.47. The normalized spacial score (nSPS) is 22.8. The maximum atomic E-state index is 13.2. The van der Waals surface area contributed by atoms with E-state index in [0.29, 0.717) is 24.5 Å². The lowest BCUT2D eigenvalue weighted by atomic mass is 9.83. The van der Waals surface area contributed by atoms with Crippen LogP contribution in [-0.4, -0.2) is 46.9 Å². The third kappa shape index (κ3) is 3.04. The molecule has 2 N–H and O–H groups in total. The van der Waals surface area contributed by atoms with Gasteiger partial charge in [0, 0.05) is 30.9 Å². The number of guanidine groups is 1. The minimum Gasteiger partial charge on any atom is -0.369 e. The second-order valence-electron chi connectivity index (χ2n) is 7.68. The summed E-state index contributed by atoms with van der Waals surface area (Å²) in [5, 5.41) is 11.3. The fourth-order valence-electron chi connectivity index (χ4n) is 4.28. The van der Waals surface area contributed by atoms with Crippen molar-refractivity contribution in [1.82, 2.24) is 14.9 Å². The SMILES string of the molecule is CN1C(=O)C2CN(c3cnccn3)C[C@]2(c2cc(-c3cccc(C#N)c3)cs2)N=C1N. The molecule has 1 saturated heterocycles. The largest absolute Gasteiger partial charge is 0.369 e. The van der Waals surface area contributed by atoms with Crippen LogP contribution < -0.4 is 10.6 Å². The van der Waals surface area contributed by atoms with Gasteiger partial charge in [0.1, 0.15) is 11.4 Å². The van der Waals surface area contributed by atoms with Crippen LogP contribution in [0, 0.1) is 17.2 Å². The molecule has 3 aromatic rings. The van der Waals surface area contributed by atoms with Gasteiger partial charge in [0.25, 0.3) is 0 Å². The number of carbonyl (C=O) groups is 1. The first-order chi connectivity index (χ1) is 15.0. The van der Waals surface area contributed by atoms with Crippen LogP contribution in [0.2, 0.25) is 0 Å². The van der Waals surface area contributed by atoms with Crippen molar-refractivity contribution >= 4 is 29.0 Å². The molecule has 1 amide bonds. The Kier molecular flexibility index (Phi) is 4.45. The van der Waals surface area contributed by atoms with Crippen LogP contribution >= 0.6 is 11.3 Å². The minimum atomic E-state index is -0.791. The number of carbonyl (C=O) groups excluding carboxylic acids is 1. The molecule has 1 aromatic carbocycles. The number of rotatable bonds is 3. The number of aliphatic imine (C=N–C) groups is 1. The molecular formula is C22H19N7OS. The first-order valence-corrected chi connectivity index (χ1v) is 10.6. The molecule has 0 radical (unpaired) electrons. The summed E-state index contributed by atoms with van der Waals surface area (Å²) in [6.45, 7) is 0.963. The number of fused-ring (bicyclic) bond motifs is 1. The van der Waals surface area contributed by atoms with Gasteiger partial charge in [0.2, 0.25) is 5.91 Å². The quantitative estimate of drug-likeness (QED) is 0.683. The molecule has 9 heteroatoms. The average molecular weight is 430 g/mol. The van der Waals surface area contributed by atoms with Crippen molar-refractivity contribution in [3.05, 3.63) is 64.7 Å². The monoisotopic (exact) mass is 429 g/mol. The molecule has 2 aliphatic heterocycles. The van der Waals surface area contributed by atoms with Crippen LogP contribution in [0.1, 0.15) is 10.4 Å². The van der Waals surface area contributed by atoms with Gasteiger partial charge in [0.05, 0.1) is 30.3 Å². The summed E-state index contributed by atoms with van der Waals surface area (Å²) >= 11 is 1.56. The van der Waals surface area contributed by atoms with Gasteiger partial charge in [-0.2, -0.15) is 5.26 Å². The van der Waals surface area contributed by atoms with Crippen molar-refractivity contribution in [2.45, 2.75) is 5.54 Å². The third-order valence-corrected chi connectivity index (χ3v) is 7.02. The standard InChI is InChI=1S/C22H19N7OS/c1-28-20(30)17-11-29(19-10-25-5-6-26-19)13-22(17,27-21(28)24)18-8-16(12-31-18)15-4-2-3-14(7-15)9-23/h2-8,10,12,17H,11,13H2,1H3,(H2,24,27)/t17?,22-/m0/s1. The van der Waals surface area contributed by atoms with E-state index in [0.717, 1.165) is 16.0 Å². The predicted octanol–water partition coefficient (Wildman–Crippen LogP) is 2.20. The van der Waals surface area contributed by atoms with E-state index in [-0.39, 0.29) is 17.8 Å². The first kappa shape index (κ1) is 19.2. The molecule has 8 nitrogen and oxygen atoms in total. The molecule has 2 aliphatic rings. The van der Waals surface area contributed by atoms with Crippen LogP contribution in [0.4, 0.5) is 5.82 Å². The zero-order chi connectivity index (χ0) is 21.6. The molecular weight excluding hydrogens is 410 g/mol. The molecule has 154 valence electrons. The summed E-state index contributed by atoms with van der Waals surface area (Å²) in [5.41, 5.74) is 7.92. The highest BCUT2D eigenvalue weighted by molar-refractivity contribution is 7.10. The van der Waals surface area contributed by atoms with Crippen molar-refractivity contribution in [2.24, 2.45) is 16.6 Å². The Morgan fingerprint density at radius 2 is 2.16 bits per heavy atom. The van der Waals surface area contributed by atoms with E-state index in [2.05, 4.69) is 22.1 Å². The Balaban J connectivity index is 1.60. The van der Waals surface area contributed by atoms with Gasteiger partial charge in [-0.05, 0) is 34.7 Å². The second kappa shape index (κ2) is 7.18. The van der Waals surface area contributed by atoms with E-state index in [4.69, 9.17) is 10.7 Å². The number of nitrogens with two attached hydrogens (primary N) is 1. The average Bonchev–Trinajstić information content (AvgIpc) is 3.45. The lowest BCUT2D eigenvalue weighted by Gasteiger charge is -2.36. The van der Waals surface area contributed by atoms with E-state index in [1.54, 1.807) is 43.0 Å². The molecule has 1 unspecified atom stereocenters.